The molecule has 4 aromatic rings. The van der Waals surface area contributed by atoms with Gasteiger partial charge >= 0.3 is 33.8 Å². The highest BCUT2D eigenvalue weighted by atomic mass is 31.2. The molecule has 0 aliphatic carbocycles. The van der Waals surface area contributed by atoms with Gasteiger partial charge in [-0.05, 0) is 102 Å². The number of aromatic nitrogens is 8. The van der Waals surface area contributed by atoms with E-state index >= 15 is 0 Å². The lowest BCUT2D eigenvalue weighted by Gasteiger charge is -2.30. The minimum Gasteiger partial charge on any atom is -0.444 e. The van der Waals surface area contributed by atoms with Crippen LogP contribution in [0.25, 0.3) is 28.7 Å². The van der Waals surface area contributed by atoms with Crippen LogP contribution in [0.2, 0.25) is 0 Å². The van der Waals surface area contributed by atoms with Gasteiger partial charge in [0, 0.05) is 31.4 Å². The largest absolute Gasteiger partial charge is 0.475 e. The summed E-state index contributed by atoms with van der Waals surface area (Å²) in [4.78, 5) is 42.2. The molecule has 0 amide bonds. The first kappa shape index (κ1) is 51.6. The fourth-order valence-electron chi connectivity index (χ4n) is 5.26. The van der Waals surface area contributed by atoms with Gasteiger partial charge in [-0.3, -0.25) is 41.1 Å². The number of ether oxygens (including phenoxy) is 2. The van der Waals surface area contributed by atoms with Crippen LogP contribution >= 0.6 is 15.6 Å². The molecule has 4 heterocycles. The van der Waals surface area contributed by atoms with Crippen molar-refractivity contribution in [2.24, 2.45) is 0 Å². The van der Waals surface area contributed by atoms with Crippen molar-refractivity contribution in [1.29, 1.82) is 0 Å². The molecule has 0 atom stereocenters. The van der Waals surface area contributed by atoms with Crippen molar-refractivity contribution in [3.8, 4) is 22.9 Å². The zero-order valence-electron chi connectivity index (χ0n) is 37.5. The molecule has 0 saturated carbocycles. The number of fused-ring (bicyclic) bond motifs is 1. The van der Waals surface area contributed by atoms with Gasteiger partial charge in [-0.15, -0.1) is 5.10 Å². The molecule has 0 aliphatic rings. The first-order valence-electron chi connectivity index (χ1n) is 19.8. The topological polar surface area (TPSA) is 221 Å². The summed E-state index contributed by atoms with van der Waals surface area (Å²) in [6, 6.07) is 1.56. The lowest BCUT2D eigenvalue weighted by atomic mass is 10.2. The monoisotopic (exact) mass is 936 g/mol. The van der Waals surface area contributed by atoms with Gasteiger partial charge in [0.1, 0.15) is 17.1 Å². The Labute approximate surface area is 363 Å². The Morgan fingerprint density at radius 2 is 1.19 bits per heavy atom. The van der Waals surface area contributed by atoms with Gasteiger partial charge in [0.05, 0.1) is 41.9 Å². The quantitative estimate of drug-likeness (QED) is 0.0458. The molecule has 63 heavy (non-hydrogen) atoms. The first-order chi connectivity index (χ1) is 28.8. The average molecular weight is 937 g/mol. The summed E-state index contributed by atoms with van der Waals surface area (Å²) < 4.78 is 116. The number of halogens is 3. The van der Waals surface area contributed by atoms with E-state index in [2.05, 4.69) is 25.0 Å². The van der Waals surface area contributed by atoms with Gasteiger partial charge in [0.15, 0.2) is 19.3 Å². The Morgan fingerprint density at radius 1 is 0.698 bits per heavy atom. The summed E-state index contributed by atoms with van der Waals surface area (Å²) in [7, 11) is -8.03. The molecule has 0 N–H and O–H groups in total. The normalized spacial score (nSPS) is 13.5. The molecule has 0 spiro atoms. The number of hydrogen-bond donors (Lipinski definition) is 0. The third kappa shape index (κ3) is 16.8. The number of carbonyl (C=O) groups excluding carboxylic acids is 2. The number of esters is 2. The van der Waals surface area contributed by atoms with Gasteiger partial charge in [0.25, 0.3) is 5.82 Å². The van der Waals surface area contributed by atoms with Crippen LogP contribution in [-0.4, -0.2) is 86.2 Å². The standard InChI is InChI=1S/C38H57F3N8O12P2/c1-34(2,3)58-62(52,59-35(4,5)6)56-20-13-16-27(50)54-24-47-22-26(43-23-47)30-29(44-33-42-18-15-19-48(30)33)31-45-32(38(39,40)41)46-49(31)25-55-28(51)17-14-21-57-63(53,60-36(7,8)9)61-37(10,11)12/h15,18-19,22-23H,13-14,16-17,20-21,24-25H2,1-12H3. The summed E-state index contributed by atoms with van der Waals surface area (Å²) in [6.45, 7) is 18.8. The second-order valence-corrected chi connectivity index (χ2v) is 21.0. The van der Waals surface area contributed by atoms with Crippen molar-refractivity contribution in [3.63, 3.8) is 0 Å². The van der Waals surface area contributed by atoms with Crippen molar-refractivity contribution in [1.82, 2.24) is 38.7 Å². The maximum atomic E-state index is 14.0. The summed E-state index contributed by atoms with van der Waals surface area (Å²) in [6.07, 6.45) is 0.529. The fourth-order valence-corrected chi connectivity index (χ4v) is 8.94. The van der Waals surface area contributed by atoms with Gasteiger partial charge in [-0.2, -0.15) is 13.2 Å². The fraction of sp³-hybridized carbons (Fsp3) is 0.658. The molecule has 0 bridgehead atoms. The van der Waals surface area contributed by atoms with E-state index in [1.54, 1.807) is 95.3 Å². The van der Waals surface area contributed by atoms with Crippen LogP contribution in [0.15, 0.2) is 31.0 Å². The Kier molecular flexibility index (Phi) is 16.3. The van der Waals surface area contributed by atoms with E-state index in [9.17, 15) is 31.9 Å². The summed E-state index contributed by atoms with van der Waals surface area (Å²) in [5.41, 5.74) is -3.25. The van der Waals surface area contributed by atoms with Crippen LogP contribution in [0.5, 0.6) is 0 Å². The van der Waals surface area contributed by atoms with Gasteiger partial charge < -0.3 is 14.0 Å². The minimum atomic E-state index is -4.99. The molecule has 25 heteroatoms. The zero-order valence-corrected chi connectivity index (χ0v) is 39.3. The van der Waals surface area contributed by atoms with Crippen molar-refractivity contribution in [2.45, 2.75) is 151 Å². The Morgan fingerprint density at radius 3 is 1.67 bits per heavy atom. The lowest BCUT2D eigenvalue weighted by Crippen LogP contribution is -2.25. The molecule has 0 aliphatic heterocycles. The molecule has 0 saturated heterocycles. The van der Waals surface area contributed by atoms with Crippen LogP contribution in [0.3, 0.4) is 0 Å². The lowest BCUT2D eigenvalue weighted by molar-refractivity contribution is -0.149. The Hall–Kier alpha value is -4.08. The highest BCUT2D eigenvalue weighted by Gasteiger charge is 2.40. The summed E-state index contributed by atoms with van der Waals surface area (Å²) in [5.74, 6) is -3.33. The molecule has 0 radical (unpaired) electrons. The highest BCUT2D eigenvalue weighted by molar-refractivity contribution is 7.48. The number of imidazole rings is 2. The smallest absolute Gasteiger partial charge is 0.444 e. The van der Waals surface area contributed by atoms with Crippen LogP contribution in [0, 0.1) is 0 Å². The third-order valence-corrected chi connectivity index (χ3v) is 11.3. The Bertz CT molecular complexity index is 2250. The van der Waals surface area contributed by atoms with Crippen molar-refractivity contribution >= 4 is 33.4 Å². The minimum absolute atomic E-state index is 0.000155. The molecule has 352 valence electrons. The second-order valence-electron chi connectivity index (χ2n) is 18.0. The van der Waals surface area contributed by atoms with Crippen molar-refractivity contribution in [3.05, 3.63) is 36.8 Å². The number of alkyl halides is 3. The Balaban J connectivity index is 1.45. The van der Waals surface area contributed by atoms with E-state index in [1.807, 2.05) is 0 Å². The van der Waals surface area contributed by atoms with Gasteiger partial charge in [-0.1, -0.05) is 0 Å². The summed E-state index contributed by atoms with van der Waals surface area (Å²) in [5, 5.41) is 3.58. The van der Waals surface area contributed by atoms with Crippen LogP contribution < -0.4 is 0 Å². The number of hydrogen-bond acceptors (Lipinski definition) is 17. The van der Waals surface area contributed by atoms with Crippen LogP contribution in [-0.2, 0) is 75.0 Å². The second kappa shape index (κ2) is 20.0. The molecule has 20 nitrogen and oxygen atoms in total. The number of rotatable bonds is 20. The number of phosphoric ester groups is 2. The van der Waals surface area contributed by atoms with Crippen LogP contribution in [0.4, 0.5) is 13.2 Å². The van der Waals surface area contributed by atoms with E-state index in [4.69, 9.17) is 36.6 Å². The maximum Gasteiger partial charge on any atom is 0.475 e. The number of carbonyl (C=O) groups is 2. The molecule has 4 aromatic heterocycles. The maximum absolute atomic E-state index is 14.0. The third-order valence-electron chi connectivity index (χ3n) is 7.23. The summed E-state index contributed by atoms with van der Waals surface area (Å²) >= 11 is 0. The van der Waals surface area contributed by atoms with E-state index in [0.717, 1.165) is 4.68 Å². The number of phosphoric acid groups is 2. The van der Waals surface area contributed by atoms with Gasteiger partial charge in [0.2, 0.25) is 5.78 Å². The van der Waals surface area contributed by atoms with Crippen molar-refractivity contribution < 1.29 is 68.5 Å². The molecule has 0 aromatic carbocycles. The predicted molar refractivity (Wildman–Crippen MR) is 219 cm³/mol. The highest BCUT2D eigenvalue weighted by Crippen LogP contribution is 2.56. The number of nitrogens with zero attached hydrogens (tertiary/aromatic N) is 8. The van der Waals surface area contributed by atoms with Crippen molar-refractivity contribution in [2.75, 3.05) is 13.2 Å². The van der Waals surface area contributed by atoms with Gasteiger partial charge in [-0.25, -0.2) is 33.7 Å². The SMILES string of the molecule is CC(C)(C)OP(=O)(OCCCC(=O)OCn1cnc(-c2c(-c3nc(C(F)(F)F)nn3COC(=O)CCCOP(=O)(OC(C)(C)C)OC(C)(C)C)nc3ncccn23)c1)OC(C)(C)C. The van der Waals surface area contributed by atoms with E-state index in [-0.39, 0.29) is 68.5 Å². The predicted octanol–water partition coefficient (Wildman–Crippen LogP) is 8.94. The average Bonchev–Trinajstić information content (AvgIpc) is 3.83. The molecule has 0 fully saturated rings. The van der Waals surface area contributed by atoms with E-state index in [1.165, 1.54) is 27.7 Å². The van der Waals surface area contributed by atoms with E-state index in [0.29, 0.717) is 0 Å². The molecular weight excluding hydrogens is 879 g/mol. The first-order valence-corrected chi connectivity index (χ1v) is 22.8. The zero-order chi connectivity index (χ0) is 47.2. The molecule has 0 unspecified atom stereocenters. The molecular formula is C38H57F3N8O12P2. The van der Waals surface area contributed by atoms with E-state index < -0.39 is 74.5 Å². The molecule has 4 rings (SSSR count). The van der Waals surface area contributed by atoms with Crippen LogP contribution in [0.1, 0.15) is 115 Å².